The molecule has 0 bridgehead atoms. The van der Waals surface area contributed by atoms with Crippen LogP contribution in [0.5, 0.6) is 0 Å². The van der Waals surface area contributed by atoms with E-state index in [1.54, 1.807) is 19.2 Å². The SMILES string of the molecule is C.CCO.NCC1CC1.Nc1nccc(Cl)n1.Nc1nccc(NCC2CC2)n1. The fraction of sp³-hybridized carbons (Fsp3) is 0.579. The highest BCUT2D eigenvalue weighted by Gasteiger charge is 2.20. The minimum absolute atomic E-state index is 0. The summed E-state index contributed by atoms with van der Waals surface area (Å²) >= 11 is 5.41. The number of nitrogen functional groups attached to an aromatic ring is 2. The van der Waals surface area contributed by atoms with Crippen LogP contribution in [0.3, 0.4) is 0 Å². The standard InChI is InChI=1S/C8H12N4.C4H4ClN3.C4H9N.C2H6O.CH4/c9-8-10-4-3-7(12-8)11-5-6-1-2-6;5-3-1-2-7-4(6)8-3;5-3-4-1-2-4;1-2-3;/h3-4,6H,1-2,5H2,(H3,9,10,11,12);1-2H,(H2,6,7,8);4H,1-3,5H2;3H,2H2,1H3;1H4. The fourth-order valence-corrected chi connectivity index (χ4v) is 1.89. The van der Waals surface area contributed by atoms with Crippen molar-refractivity contribution in [3.05, 3.63) is 29.7 Å². The molecule has 2 aliphatic rings. The van der Waals surface area contributed by atoms with Gasteiger partial charge in [0.05, 0.1) is 0 Å². The van der Waals surface area contributed by atoms with Gasteiger partial charge in [0.1, 0.15) is 11.0 Å². The Morgan fingerprint density at radius 2 is 1.55 bits per heavy atom. The number of rotatable bonds is 4. The Morgan fingerprint density at radius 3 is 1.90 bits per heavy atom. The number of anilines is 3. The second kappa shape index (κ2) is 15.7. The number of nitrogens with two attached hydrogens (primary N) is 3. The van der Waals surface area contributed by atoms with Gasteiger partial charge in [0, 0.05) is 25.5 Å². The summed E-state index contributed by atoms with van der Waals surface area (Å²) in [6.07, 6.45) is 8.62. The van der Waals surface area contributed by atoms with Gasteiger partial charge >= 0.3 is 0 Å². The molecule has 164 valence electrons. The number of aliphatic hydroxyl groups excluding tert-OH is 1. The Labute approximate surface area is 178 Å². The summed E-state index contributed by atoms with van der Waals surface area (Å²) in [7, 11) is 0. The van der Waals surface area contributed by atoms with Crippen LogP contribution in [-0.2, 0) is 0 Å². The van der Waals surface area contributed by atoms with Crippen molar-refractivity contribution in [2.24, 2.45) is 17.6 Å². The van der Waals surface area contributed by atoms with E-state index < -0.39 is 0 Å². The van der Waals surface area contributed by atoms with Gasteiger partial charge in [0.25, 0.3) is 0 Å². The molecule has 0 spiro atoms. The Balaban J connectivity index is 0.000000401. The van der Waals surface area contributed by atoms with Crippen LogP contribution in [0.15, 0.2) is 24.5 Å². The molecule has 2 aromatic rings. The third-order valence-corrected chi connectivity index (χ3v) is 3.82. The molecule has 2 fully saturated rings. The quantitative estimate of drug-likeness (QED) is 0.462. The zero-order valence-electron chi connectivity index (χ0n) is 16.3. The lowest BCUT2D eigenvalue weighted by atomic mass is 10.4. The number of nitrogens with one attached hydrogen (secondary N) is 1. The first-order valence-corrected chi connectivity index (χ1v) is 9.73. The van der Waals surface area contributed by atoms with E-state index in [2.05, 4.69) is 25.3 Å². The molecule has 2 saturated carbocycles. The highest BCUT2D eigenvalue weighted by atomic mass is 35.5. The predicted octanol–water partition coefficient (Wildman–Crippen LogP) is 2.58. The first kappa shape index (κ1) is 26.8. The topological polar surface area (TPSA) is 162 Å². The highest BCUT2D eigenvalue weighted by Crippen LogP contribution is 2.28. The largest absolute Gasteiger partial charge is 0.397 e. The first-order chi connectivity index (χ1) is 13.5. The highest BCUT2D eigenvalue weighted by molar-refractivity contribution is 6.29. The van der Waals surface area contributed by atoms with E-state index in [9.17, 15) is 0 Å². The third kappa shape index (κ3) is 15.4. The van der Waals surface area contributed by atoms with E-state index in [-0.39, 0.29) is 20.0 Å². The zero-order valence-corrected chi connectivity index (χ0v) is 17.0. The Bertz CT molecular complexity index is 651. The summed E-state index contributed by atoms with van der Waals surface area (Å²) in [5.41, 5.74) is 15.8. The fourth-order valence-electron chi connectivity index (χ4n) is 1.75. The van der Waals surface area contributed by atoms with Crippen LogP contribution in [0, 0.1) is 11.8 Å². The molecular weight excluding hydrogens is 392 g/mol. The van der Waals surface area contributed by atoms with Crippen molar-refractivity contribution in [3.63, 3.8) is 0 Å². The number of hydrogen-bond donors (Lipinski definition) is 5. The summed E-state index contributed by atoms with van der Waals surface area (Å²) in [6, 6.07) is 3.40. The van der Waals surface area contributed by atoms with E-state index in [0.29, 0.717) is 11.1 Å². The van der Waals surface area contributed by atoms with Gasteiger partial charge in [-0.25, -0.2) is 15.0 Å². The van der Waals surface area contributed by atoms with Gasteiger partial charge in [-0.15, -0.1) is 0 Å². The Hall–Kier alpha value is -2.23. The number of halogens is 1. The van der Waals surface area contributed by atoms with Crippen LogP contribution in [0.1, 0.15) is 40.0 Å². The molecular formula is C19H35ClN8O. The van der Waals surface area contributed by atoms with Crippen LogP contribution in [-0.4, -0.2) is 44.7 Å². The van der Waals surface area contributed by atoms with Gasteiger partial charge in [-0.1, -0.05) is 19.0 Å². The maximum absolute atomic E-state index is 7.57. The normalized spacial score (nSPS) is 13.8. The molecule has 0 saturated heterocycles. The van der Waals surface area contributed by atoms with E-state index in [4.69, 9.17) is 33.9 Å². The molecule has 9 nitrogen and oxygen atoms in total. The first-order valence-electron chi connectivity index (χ1n) is 9.35. The van der Waals surface area contributed by atoms with Crippen molar-refractivity contribution in [3.8, 4) is 0 Å². The van der Waals surface area contributed by atoms with E-state index in [0.717, 1.165) is 30.7 Å². The van der Waals surface area contributed by atoms with Gasteiger partial charge in [0.15, 0.2) is 0 Å². The van der Waals surface area contributed by atoms with E-state index >= 15 is 0 Å². The molecule has 0 aromatic carbocycles. The summed E-state index contributed by atoms with van der Waals surface area (Å²) in [6.45, 7) is 3.86. The molecule has 10 heteroatoms. The van der Waals surface area contributed by atoms with Gasteiger partial charge in [0.2, 0.25) is 11.9 Å². The second-order valence-electron chi connectivity index (χ2n) is 6.36. The molecule has 8 N–H and O–H groups in total. The molecule has 0 aliphatic heterocycles. The molecule has 0 radical (unpaired) electrons. The van der Waals surface area contributed by atoms with Crippen LogP contribution in [0.25, 0.3) is 0 Å². The number of nitrogens with zero attached hydrogens (tertiary/aromatic N) is 4. The summed E-state index contributed by atoms with van der Waals surface area (Å²) in [5.74, 6) is 3.12. The summed E-state index contributed by atoms with van der Waals surface area (Å²) in [4.78, 5) is 15.1. The Kier molecular flexibility index (Phi) is 14.5. The average Bonchev–Trinajstić information content (AvgIpc) is 3.57. The second-order valence-corrected chi connectivity index (χ2v) is 6.74. The summed E-state index contributed by atoms with van der Waals surface area (Å²) < 4.78 is 0. The van der Waals surface area contributed by atoms with Gasteiger partial charge in [-0.05, 0) is 63.1 Å². The smallest absolute Gasteiger partial charge is 0.221 e. The Morgan fingerprint density at radius 1 is 1.03 bits per heavy atom. The van der Waals surface area contributed by atoms with E-state index in [1.165, 1.54) is 31.9 Å². The van der Waals surface area contributed by atoms with Gasteiger partial charge < -0.3 is 27.6 Å². The molecule has 0 atom stereocenters. The minimum Gasteiger partial charge on any atom is -0.397 e. The van der Waals surface area contributed by atoms with Gasteiger partial charge in [-0.2, -0.15) is 4.98 Å². The van der Waals surface area contributed by atoms with E-state index in [1.807, 2.05) is 6.07 Å². The van der Waals surface area contributed by atoms with Crippen molar-refractivity contribution in [1.29, 1.82) is 0 Å². The predicted molar refractivity (Wildman–Crippen MR) is 120 cm³/mol. The summed E-state index contributed by atoms with van der Waals surface area (Å²) in [5, 5.41) is 11.2. The molecule has 2 aromatic heterocycles. The lowest BCUT2D eigenvalue weighted by Gasteiger charge is -2.03. The average molecular weight is 427 g/mol. The minimum atomic E-state index is 0. The number of hydrogen-bond acceptors (Lipinski definition) is 9. The molecule has 0 unspecified atom stereocenters. The lowest BCUT2D eigenvalue weighted by molar-refractivity contribution is 0.318. The number of aromatic nitrogens is 4. The van der Waals surface area contributed by atoms with Crippen molar-refractivity contribution in [2.75, 3.05) is 36.5 Å². The van der Waals surface area contributed by atoms with Crippen LogP contribution < -0.4 is 22.5 Å². The molecule has 29 heavy (non-hydrogen) atoms. The maximum atomic E-state index is 7.57. The van der Waals surface area contributed by atoms with Crippen LogP contribution in [0.2, 0.25) is 5.15 Å². The lowest BCUT2D eigenvalue weighted by Crippen LogP contribution is -2.06. The monoisotopic (exact) mass is 426 g/mol. The van der Waals surface area contributed by atoms with Gasteiger partial charge in [-0.3, -0.25) is 0 Å². The zero-order chi connectivity index (χ0) is 20.8. The van der Waals surface area contributed by atoms with Crippen LogP contribution in [0.4, 0.5) is 17.7 Å². The van der Waals surface area contributed by atoms with Crippen molar-refractivity contribution < 1.29 is 5.11 Å². The van der Waals surface area contributed by atoms with Crippen LogP contribution >= 0.6 is 11.6 Å². The number of aliphatic hydroxyl groups is 1. The molecule has 2 aliphatic carbocycles. The van der Waals surface area contributed by atoms with Crippen molar-refractivity contribution in [1.82, 2.24) is 19.9 Å². The van der Waals surface area contributed by atoms with Crippen molar-refractivity contribution in [2.45, 2.75) is 40.0 Å². The van der Waals surface area contributed by atoms with Crippen molar-refractivity contribution >= 4 is 29.3 Å². The third-order valence-electron chi connectivity index (χ3n) is 3.61. The molecule has 2 heterocycles. The molecule has 4 rings (SSSR count). The maximum Gasteiger partial charge on any atom is 0.221 e. The molecule has 0 amide bonds.